The molecule has 0 radical (unpaired) electrons. The number of aryl methyl sites for hydroxylation is 2. The Morgan fingerprint density at radius 1 is 1.47 bits per heavy atom. The van der Waals surface area contributed by atoms with E-state index in [0.29, 0.717) is 5.52 Å². The summed E-state index contributed by atoms with van der Waals surface area (Å²) in [4.78, 5) is 4.30. The molecule has 0 unspecified atom stereocenters. The number of aromatic nitrogens is 2. The van der Waals surface area contributed by atoms with Crippen LogP contribution in [0.2, 0.25) is 10.0 Å². The molecule has 1 heterocycles. The number of nitrogens with zero attached hydrogens (tertiary/aromatic N) is 2. The first-order valence-electron chi connectivity index (χ1n) is 4.60. The maximum absolute atomic E-state index is 9.56. The summed E-state index contributed by atoms with van der Waals surface area (Å²) < 4.78 is 1.99. The molecule has 2 rings (SSSR count). The largest absolute Gasteiger partial charge is 0.505 e. The molecule has 0 spiro atoms. The number of imidazole rings is 1. The van der Waals surface area contributed by atoms with Gasteiger partial charge in [0.05, 0.1) is 10.5 Å². The second kappa shape index (κ2) is 3.58. The zero-order valence-electron chi connectivity index (χ0n) is 8.38. The fourth-order valence-electron chi connectivity index (χ4n) is 1.69. The van der Waals surface area contributed by atoms with Crippen LogP contribution in [0.15, 0.2) is 6.07 Å². The average molecular weight is 245 g/mol. The normalized spacial score (nSPS) is 11.2. The molecule has 0 bridgehead atoms. The van der Waals surface area contributed by atoms with Crippen molar-refractivity contribution in [3.8, 4) is 5.75 Å². The second-order valence-corrected chi connectivity index (χ2v) is 4.08. The molecule has 3 nitrogen and oxygen atoms in total. The zero-order valence-corrected chi connectivity index (χ0v) is 9.89. The van der Waals surface area contributed by atoms with E-state index in [9.17, 15) is 5.11 Å². The van der Waals surface area contributed by atoms with E-state index in [-0.39, 0.29) is 15.8 Å². The molecule has 0 amide bonds. The Hall–Kier alpha value is -0.930. The maximum atomic E-state index is 9.56. The fraction of sp³-hybridized carbons (Fsp3) is 0.300. The Morgan fingerprint density at radius 3 is 2.73 bits per heavy atom. The molecule has 0 saturated carbocycles. The smallest absolute Gasteiger partial charge is 0.155 e. The number of halogens is 2. The highest BCUT2D eigenvalue weighted by molar-refractivity contribution is 6.40. The summed E-state index contributed by atoms with van der Waals surface area (Å²) in [5.74, 6) is 0.752. The number of hydrogen-bond donors (Lipinski definition) is 1. The van der Waals surface area contributed by atoms with Crippen molar-refractivity contribution in [1.82, 2.24) is 9.55 Å². The van der Waals surface area contributed by atoms with Crippen molar-refractivity contribution in [3.05, 3.63) is 21.9 Å². The standard InChI is InChI=1S/C10H10Cl2N2O/c1-3-14-5(2)13-9-7(14)4-6(11)10(15)8(9)12/h4,15H,3H2,1-2H3. The van der Waals surface area contributed by atoms with Gasteiger partial charge in [-0.25, -0.2) is 4.98 Å². The third-order valence-corrected chi connectivity index (χ3v) is 3.07. The van der Waals surface area contributed by atoms with Gasteiger partial charge in [-0.2, -0.15) is 0 Å². The number of fused-ring (bicyclic) bond motifs is 1. The molecule has 15 heavy (non-hydrogen) atoms. The summed E-state index contributed by atoms with van der Waals surface area (Å²) >= 11 is 11.8. The van der Waals surface area contributed by atoms with Gasteiger partial charge in [-0.05, 0) is 19.9 Å². The molecule has 5 heteroatoms. The van der Waals surface area contributed by atoms with Crippen molar-refractivity contribution < 1.29 is 5.11 Å². The van der Waals surface area contributed by atoms with Crippen LogP contribution in [-0.4, -0.2) is 14.7 Å². The van der Waals surface area contributed by atoms with E-state index in [1.165, 1.54) is 0 Å². The van der Waals surface area contributed by atoms with Gasteiger partial charge in [0.1, 0.15) is 16.4 Å². The molecule has 0 saturated heterocycles. The van der Waals surface area contributed by atoms with Crippen LogP contribution < -0.4 is 0 Å². The summed E-state index contributed by atoms with van der Waals surface area (Å²) in [6.07, 6.45) is 0. The van der Waals surface area contributed by atoms with Crippen molar-refractivity contribution >= 4 is 34.2 Å². The SMILES string of the molecule is CCn1c(C)nc2c(Cl)c(O)c(Cl)cc21. The number of aromatic hydroxyl groups is 1. The molecule has 0 fully saturated rings. The molecule has 1 aromatic carbocycles. The third kappa shape index (κ3) is 1.46. The zero-order chi connectivity index (χ0) is 11.2. The van der Waals surface area contributed by atoms with Crippen LogP contribution in [0.25, 0.3) is 11.0 Å². The minimum absolute atomic E-state index is 0.105. The molecule has 0 aliphatic carbocycles. The summed E-state index contributed by atoms with van der Waals surface area (Å²) in [6.45, 7) is 4.70. The van der Waals surface area contributed by atoms with Crippen molar-refractivity contribution in [2.75, 3.05) is 0 Å². The van der Waals surface area contributed by atoms with Crippen molar-refractivity contribution in [3.63, 3.8) is 0 Å². The Balaban J connectivity index is 2.92. The van der Waals surface area contributed by atoms with Crippen LogP contribution in [0.5, 0.6) is 5.75 Å². The van der Waals surface area contributed by atoms with Gasteiger partial charge >= 0.3 is 0 Å². The van der Waals surface area contributed by atoms with E-state index in [2.05, 4.69) is 4.98 Å². The summed E-state index contributed by atoms with van der Waals surface area (Å²) in [5.41, 5.74) is 1.45. The van der Waals surface area contributed by atoms with Gasteiger partial charge < -0.3 is 9.67 Å². The van der Waals surface area contributed by atoms with Crippen molar-refractivity contribution in [2.24, 2.45) is 0 Å². The highest BCUT2D eigenvalue weighted by Crippen LogP contribution is 2.38. The summed E-state index contributed by atoms with van der Waals surface area (Å²) in [7, 11) is 0. The molecular weight excluding hydrogens is 235 g/mol. The highest BCUT2D eigenvalue weighted by Gasteiger charge is 2.15. The van der Waals surface area contributed by atoms with Crippen LogP contribution in [0.4, 0.5) is 0 Å². The highest BCUT2D eigenvalue weighted by atomic mass is 35.5. The van der Waals surface area contributed by atoms with Crippen molar-refractivity contribution in [1.29, 1.82) is 0 Å². The Labute approximate surface area is 97.2 Å². The first-order valence-corrected chi connectivity index (χ1v) is 5.35. The van der Waals surface area contributed by atoms with Crippen LogP contribution in [-0.2, 0) is 6.54 Å². The first-order chi connectivity index (χ1) is 7.06. The Morgan fingerprint density at radius 2 is 2.13 bits per heavy atom. The number of hydrogen-bond acceptors (Lipinski definition) is 2. The second-order valence-electron chi connectivity index (χ2n) is 3.29. The van der Waals surface area contributed by atoms with Gasteiger partial charge in [-0.3, -0.25) is 0 Å². The molecular formula is C10H10Cl2N2O. The topological polar surface area (TPSA) is 38.0 Å². The van der Waals surface area contributed by atoms with E-state index in [1.807, 2.05) is 18.4 Å². The van der Waals surface area contributed by atoms with Crippen LogP contribution in [0.1, 0.15) is 12.7 Å². The summed E-state index contributed by atoms with van der Waals surface area (Å²) in [6, 6.07) is 1.68. The van der Waals surface area contributed by atoms with E-state index < -0.39 is 0 Å². The fourth-order valence-corrected chi connectivity index (χ4v) is 2.18. The van der Waals surface area contributed by atoms with Gasteiger partial charge in [0.15, 0.2) is 5.75 Å². The molecule has 1 N–H and O–H groups in total. The van der Waals surface area contributed by atoms with Gasteiger partial charge in [-0.15, -0.1) is 0 Å². The molecule has 2 aromatic rings. The molecule has 0 atom stereocenters. The van der Waals surface area contributed by atoms with Crippen LogP contribution in [0, 0.1) is 6.92 Å². The molecule has 1 aromatic heterocycles. The number of phenols is 1. The minimum Gasteiger partial charge on any atom is -0.505 e. The van der Waals surface area contributed by atoms with Gasteiger partial charge in [0, 0.05) is 6.54 Å². The first kappa shape index (κ1) is 10.6. The lowest BCUT2D eigenvalue weighted by Gasteiger charge is -2.04. The quantitative estimate of drug-likeness (QED) is 0.836. The maximum Gasteiger partial charge on any atom is 0.155 e. The number of phenolic OH excluding ortho intramolecular Hbond substituents is 1. The van der Waals surface area contributed by atoms with E-state index in [1.54, 1.807) is 6.07 Å². The van der Waals surface area contributed by atoms with Gasteiger partial charge in [0.2, 0.25) is 0 Å². The van der Waals surface area contributed by atoms with E-state index in [0.717, 1.165) is 17.9 Å². The van der Waals surface area contributed by atoms with Gasteiger partial charge in [-0.1, -0.05) is 23.2 Å². The lowest BCUT2D eigenvalue weighted by atomic mass is 10.3. The molecule has 80 valence electrons. The van der Waals surface area contributed by atoms with Crippen LogP contribution >= 0.6 is 23.2 Å². The third-order valence-electron chi connectivity index (χ3n) is 2.42. The van der Waals surface area contributed by atoms with Crippen LogP contribution in [0.3, 0.4) is 0 Å². The van der Waals surface area contributed by atoms with Crippen molar-refractivity contribution in [2.45, 2.75) is 20.4 Å². The molecule has 0 aliphatic heterocycles. The number of benzene rings is 1. The van der Waals surface area contributed by atoms with E-state index in [4.69, 9.17) is 23.2 Å². The Bertz CT molecular complexity index is 534. The lowest BCUT2D eigenvalue weighted by Crippen LogP contribution is -1.96. The lowest BCUT2D eigenvalue weighted by molar-refractivity contribution is 0.476. The Kier molecular flexibility index (Phi) is 2.52. The van der Waals surface area contributed by atoms with E-state index >= 15 is 0 Å². The summed E-state index contributed by atoms with van der Waals surface area (Å²) in [5, 5.41) is 10.0. The molecule has 0 aliphatic rings. The predicted octanol–water partition coefficient (Wildman–Crippen LogP) is 3.38. The predicted molar refractivity (Wildman–Crippen MR) is 61.8 cm³/mol. The monoisotopic (exact) mass is 244 g/mol. The minimum atomic E-state index is -0.105. The number of rotatable bonds is 1. The average Bonchev–Trinajstić information content (AvgIpc) is 2.51. The van der Waals surface area contributed by atoms with Gasteiger partial charge in [0.25, 0.3) is 0 Å².